The number of hydrogen-bond acceptors (Lipinski definition) is 4. The number of fused-ring (bicyclic) bond motifs is 3. The van der Waals surface area contributed by atoms with E-state index in [1.54, 1.807) is 41.9 Å². The maximum Gasteiger partial charge on any atom is 0.243 e. The minimum absolute atomic E-state index is 0.0795. The zero-order valence-electron chi connectivity index (χ0n) is 13.1. The topological polar surface area (TPSA) is 62.3 Å². The van der Waals surface area contributed by atoms with Crippen LogP contribution in [0.25, 0.3) is 10.8 Å². The Labute approximate surface area is 136 Å². The minimum atomic E-state index is -3.51. The van der Waals surface area contributed by atoms with Crippen molar-refractivity contribution >= 4 is 20.8 Å². The van der Waals surface area contributed by atoms with Gasteiger partial charge in [0, 0.05) is 48.3 Å². The molecule has 2 bridgehead atoms. The SMILES string of the molecule is CN(C1CC2CCC(C1)N2)S(=O)(=O)c1cccc2cnccc12. The Morgan fingerprint density at radius 3 is 2.65 bits per heavy atom. The molecule has 2 fully saturated rings. The van der Waals surface area contributed by atoms with Crippen molar-refractivity contribution in [2.75, 3.05) is 7.05 Å². The summed E-state index contributed by atoms with van der Waals surface area (Å²) in [6.07, 6.45) is 7.48. The van der Waals surface area contributed by atoms with Crippen LogP contribution in [-0.2, 0) is 10.0 Å². The van der Waals surface area contributed by atoms with E-state index in [2.05, 4.69) is 10.3 Å². The van der Waals surface area contributed by atoms with Gasteiger partial charge in [0.15, 0.2) is 0 Å². The normalized spacial score (nSPS) is 27.7. The van der Waals surface area contributed by atoms with Gasteiger partial charge in [0.1, 0.15) is 0 Å². The summed E-state index contributed by atoms with van der Waals surface area (Å²) in [5, 5.41) is 5.16. The number of nitrogens with one attached hydrogen (secondary N) is 1. The van der Waals surface area contributed by atoms with Crippen molar-refractivity contribution < 1.29 is 8.42 Å². The van der Waals surface area contributed by atoms with E-state index < -0.39 is 10.0 Å². The molecular weight excluding hydrogens is 310 g/mol. The molecule has 2 saturated heterocycles. The summed E-state index contributed by atoms with van der Waals surface area (Å²) in [7, 11) is -1.78. The van der Waals surface area contributed by atoms with Gasteiger partial charge in [0.25, 0.3) is 0 Å². The summed E-state index contributed by atoms with van der Waals surface area (Å²) >= 11 is 0. The molecular formula is C17H21N3O2S. The summed E-state index contributed by atoms with van der Waals surface area (Å²) in [6.45, 7) is 0. The predicted octanol–water partition coefficient (Wildman–Crippen LogP) is 2.14. The third kappa shape index (κ3) is 2.55. The number of nitrogens with zero attached hydrogens (tertiary/aromatic N) is 2. The van der Waals surface area contributed by atoms with Crippen molar-refractivity contribution in [2.24, 2.45) is 0 Å². The second-order valence-electron chi connectivity index (χ2n) is 6.64. The van der Waals surface area contributed by atoms with Crippen LogP contribution in [0.2, 0.25) is 0 Å². The van der Waals surface area contributed by atoms with Gasteiger partial charge in [-0.1, -0.05) is 12.1 Å². The highest BCUT2D eigenvalue weighted by molar-refractivity contribution is 7.89. The molecule has 0 saturated carbocycles. The van der Waals surface area contributed by atoms with Crippen LogP contribution in [0.5, 0.6) is 0 Å². The lowest BCUT2D eigenvalue weighted by atomic mass is 10.0. The highest BCUT2D eigenvalue weighted by Crippen LogP contribution is 2.33. The Hall–Kier alpha value is -1.50. The van der Waals surface area contributed by atoms with Gasteiger partial charge in [-0.25, -0.2) is 8.42 Å². The Morgan fingerprint density at radius 1 is 1.17 bits per heavy atom. The van der Waals surface area contributed by atoms with Crippen LogP contribution in [0.3, 0.4) is 0 Å². The van der Waals surface area contributed by atoms with Crippen LogP contribution >= 0.6 is 0 Å². The molecule has 3 heterocycles. The van der Waals surface area contributed by atoms with Crippen molar-refractivity contribution in [3.8, 4) is 0 Å². The van der Waals surface area contributed by atoms with E-state index in [0.717, 1.165) is 36.5 Å². The first-order valence-corrected chi connectivity index (χ1v) is 9.56. The standard InChI is InChI=1S/C17H21N3O2S/c1-20(15-9-13-5-6-14(10-15)19-13)23(21,22)17-4-2-3-12-11-18-8-7-16(12)17/h2-4,7-8,11,13-15,19H,5-6,9-10H2,1H3. The van der Waals surface area contributed by atoms with E-state index in [0.29, 0.717) is 17.0 Å². The molecule has 2 aromatic rings. The lowest BCUT2D eigenvalue weighted by Crippen LogP contribution is -2.48. The molecule has 1 aromatic heterocycles. The van der Waals surface area contributed by atoms with Crippen molar-refractivity contribution in [1.29, 1.82) is 0 Å². The van der Waals surface area contributed by atoms with Gasteiger partial charge in [-0.3, -0.25) is 4.98 Å². The maximum atomic E-state index is 13.2. The number of rotatable bonds is 3. The monoisotopic (exact) mass is 331 g/mol. The third-order valence-corrected chi connectivity index (χ3v) is 7.23. The first-order chi connectivity index (χ1) is 11.1. The number of hydrogen-bond donors (Lipinski definition) is 1. The van der Waals surface area contributed by atoms with Crippen LogP contribution in [0.1, 0.15) is 25.7 Å². The van der Waals surface area contributed by atoms with E-state index in [-0.39, 0.29) is 6.04 Å². The zero-order chi connectivity index (χ0) is 16.0. The van der Waals surface area contributed by atoms with Crippen molar-refractivity contribution in [1.82, 2.24) is 14.6 Å². The second kappa shape index (κ2) is 5.54. The lowest BCUT2D eigenvalue weighted by Gasteiger charge is -2.35. The van der Waals surface area contributed by atoms with Crippen LogP contribution in [0, 0.1) is 0 Å². The average Bonchev–Trinajstić information content (AvgIpc) is 2.91. The van der Waals surface area contributed by atoms with Gasteiger partial charge in [0.05, 0.1) is 4.90 Å². The zero-order valence-corrected chi connectivity index (χ0v) is 14.0. The Morgan fingerprint density at radius 2 is 1.91 bits per heavy atom. The molecule has 122 valence electrons. The fourth-order valence-corrected chi connectivity index (χ4v) is 5.58. The van der Waals surface area contributed by atoms with Gasteiger partial charge in [0.2, 0.25) is 10.0 Å². The fraction of sp³-hybridized carbons (Fsp3) is 0.471. The molecule has 23 heavy (non-hydrogen) atoms. The predicted molar refractivity (Wildman–Crippen MR) is 89.7 cm³/mol. The lowest BCUT2D eigenvalue weighted by molar-refractivity contribution is 0.251. The Balaban J connectivity index is 1.71. The molecule has 4 rings (SSSR count). The highest BCUT2D eigenvalue weighted by atomic mass is 32.2. The third-order valence-electron chi connectivity index (χ3n) is 5.26. The number of pyridine rings is 1. The number of aromatic nitrogens is 1. The largest absolute Gasteiger partial charge is 0.311 e. The van der Waals surface area contributed by atoms with Crippen molar-refractivity contribution in [3.63, 3.8) is 0 Å². The number of piperidine rings is 1. The molecule has 1 aromatic carbocycles. The molecule has 2 atom stereocenters. The van der Waals surface area contributed by atoms with E-state index in [9.17, 15) is 8.42 Å². The average molecular weight is 331 g/mol. The molecule has 2 unspecified atom stereocenters. The molecule has 0 amide bonds. The smallest absolute Gasteiger partial charge is 0.243 e. The number of benzene rings is 1. The van der Waals surface area contributed by atoms with Crippen LogP contribution in [0.4, 0.5) is 0 Å². The van der Waals surface area contributed by atoms with Gasteiger partial charge >= 0.3 is 0 Å². The van der Waals surface area contributed by atoms with E-state index in [1.807, 2.05) is 6.07 Å². The Kier molecular flexibility index (Phi) is 3.63. The van der Waals surface area contributed by atoms with Crippen molar-refractivity contribution in [3.05, 3.63) is 36.7 Å². The first-order valence-electron chi connectivity index (χ1n) is 8.12. The molecule has 5 nitrogen and oxygen atoms in total. The fourth-order valence-electron chi connectivity index (χ4n) is 3.99. The number of sulfonamides is 1. The van der Waals surface area contributed by atoms with Gasteiger partial charge < -0.3 is 5.32 Å². The molecule has 2 aliphatic heterocycles. The van der Waals surface area contributed by atoms with Crippen LogP contribution in [0.15, 0.2) is 41.6 Å². The van der Waals surface area contributed by atoms with Crippen LogP contribution < -0.4 is 5.32 Å². The second-order valence-corrected chi connectivity index (χ2v) is 8.60. The molecule has 2 aliphatic rings. The Bertz CT molecular complexity index is 819. The van der Waals surface area contributed by atoms with E-state index >= 15 is 0 Å². The van der Waals surface area contributed by atoms with E-state index in [4.69, 9.17) is 0 Å². The summed E-state index contributed by atoms with van der Waals surface area (Å²) in [5.74, 6) is 0. The molecule has 0 spiro atoms. The molecule has 1 N–H and O–H groups in total. The van der Waals surface area contributed by atoms with Gasteiger partial charge in [-0.05, 0) is 37.8 Å². The summed E-state index contributed by atoms with van der Waals surface area (Å²) in [5.41, 5.74) is 0. The van der Waals surface area contributed by atoms with Gasteiger partial charge in [-0.2, -0.15) is 4.31 Å². The summed E-state index contributed by atoms with van der Waals surface area (Å²) in [6, 6.07) is 8.17. The first kappa shape index (κ1) is 15.1. The molecule has 6 heteroatoms. The van der Waals surface area contributed by atoms with E-state index in [1.165, 1.54) is 0 Å². The highest BCUT2D eigenvalue weighted by Gasteiger charge is 2.39. The quantitative estimate of drug-likeness (QED) is 0.936. The molecule has 0 radical (unpaired) electrons. The van der Waals surface area contributed by atoms with Crippen molar-refractivity contribution in [2.45, 2.75) is 48.7 Å². The minimum Gasteiger partial charge on any atom is -0.311 e. The summed E-state index contributed by atoms with van der Waals surface area (Å²) in [4.78, 5) is 4.46. The summed E-state index contributed by atoms with van der Waals surface area (Å²) < 4.78 is 27.9. The van der Waals surface area contributed by atoms with Gasteiger partial charge in [-0.15, -0.1) is 0 Å². The van der Waals surface area contributed by atoms with Crippen LogP contribution in [-0.4, -0.2) is 42.9 Å². The molecule has 0 aliphatic carbocycles. The maximum absolute atomic E-state index is 13.2.